The molecular weight excluding hydrogens is 845 g/mol. The lowest BCUT2D eigenvalue weighted by molar-refractivity contribution is 0.668. The summed E-state index contributed by atoms with van der Waals surface area (Å²) in [5.41, 5.74) is 15.3. The van der Waals surface area contributed by atoms with Crippen LogP contribution >= 0.6 is 0 Å². The number of hydrogen-bond donors (Lipinski definition) is 0. The van der Waals surface area contributed by atoms with E-state index in [1.165, 1.54) is 0 Å². The van der Waals surface area contributed by atoms with Crippen LogP contribution in [-0.2, 0) is 0 Å². The van der Waals surface area contributed by atoms with Gasteiger partial charge in [-0.15, -0.1) is 0 Å². The van der Waals surface area contributed by atoms with E-state index in [9.17, 15) is 0 Å². The van der Waals surface area contributed by atoms with Gasteiger partial charge in [0.25, 0.3) is 0 Å². The van der Waals surface area contributed by atoms with E-state index in [0.717, 1.165) is 121 Å². The van der Waals surface area contributed by atoms with Crippen molar-refractivity contribution < 1.29 is 8.83 Å². The molecule has 0 unspecified atom stereocenters. The molecule has 4 aromatic heterocycles. The van der Waals surface area contributed by atoms with Crippen LogP contribution < -0.4 is 0 Å². The quantitative estimate of drug-likeness (QED) is 0.159. The number of benzene rings is 10. The van der Waals surface area contributed by atoms with Gasteiger partial charge in [0.1, 0.15) is 22.3 Å². The van der Waals surface area contributed by atoms with Gasteiger partial charge in [-0.1, -0.05) is 188 Å². The van der Waals surface area contributed by atoms with Gasteiger partial charge in [-0.05, 0) is 70.3 Å². The molecule has 0 radical (unpaired) electrons. The van der Waals surface area contributed by atoms with Crippen LogP contribution in [0.1, 0.15) is 0 Å². The number of rotatable bonds is 7. The van der Waals surface area contributed by atoms with Crippen LogP contribution in [0, 0.1) is 0 Å². The first-order chi connectivity index (χ1) is 34.2. The molecule has 0 aliphatic carbocycles. The Morgan fingerprint density at radius 2 is 0.826 bits per heavy atom. The minimum Gasteiger partial charge on any atom is -0.456 e. The van der Waals surface area contributed by atoms with Crippen molar-refractivity contribution in [2.24, 2.45) is 0 Å². The highest BCUT2D eigenvalue weighted by molar-refractivity contribution is 6.22. The van der Waals surface area contributed by atoms with Crippen molar-refractivity contribution in [2.45, 2.75) is 0 Å². The third kappa shape index (κ3) is 6.30. The van der Waals surface area contributed by atoms with Crippen molar-refractivity contribution in [3.8, 4) is 73.2 Å². The summed E-state index contributed by atoms with van der Waals surface area (Å²) >= 11 is 0. The molecule has 0 spiro atoms. The number of fused-ring (bicyclic) bond motifs is 9. The molecule has 6 heteroatoms. The van der Waals surface area contributed by atoms with Crippen molar-refractivity contribution in [2.75, 3.05) is 0 Å². The molecule has 14 rings (SSSR count). The summed E-state index contributed by atoms with van der Waals surface area (Å²) < 4.78 is 16.0. The van der Waals surface area contributed by atoms with Gasteiger partial charge in [-0.3, -0.25) is 0 Å². The SMILES string of the molecule is c1ccc(-c2ccc(-c3nc(-c4ccccc4)nc(-c4c(-n5c6ccccc6c6cc(-c7ccccc7)ccc65)ccc5oc6cccc(-c7cccc8c7oc7ccccc78)c6c45)n3)cc2)cc1. The summed E-state index contributed by atoms with van der Waals surface area (Å²) in [7, 11) is 0. The zero-order chi connectivity index (χ0) is 45.4. The molecule has 0 amide bonds. The highest BCUT2D eigenvalue weighted by Gasteiger charge is 2.27. The smallest absolute Gasteiger partial charge is 0.166 e. The van der Waals surface area contributed by atoms with Crippen LogP contribution in [0.25, 0.3) is 139 Å². The standard InChI is InChI=1S/C63H38N4O2/c1-4-16-39(17-5-1)41-30-32-43(33-31-41)62-64-61(42-20-8-3-9-21-42)65-63(66-62)58-53(67-51-27-12-10-22-45(51)50-38-44(34-35-52(50)67)40-18-6-2-7-19-40)36-37-56-59(58)57-47(24-15-29-55(57)68-56)49-26-14-25-48-46-23-11-13-28-54(46)69-60(48)49/h1-38H. The second-order valence-corrected chi connectivity index (χ2v) is 17.5. The minimum absolute atomic E-state index is 0.526. The van der Waals surface area contributed by atoms with Crippen LogP contribution in [0.2, 0.25) is 0 Å². The normalized spacial score (nSPS) is 11.8. The fourth-order valence-electron chi connectivity index (χ4n) is 10.3. The lowest BCUT2D eigenvalue weighted by Gasteiger charge is -2.16. The first-order valence-electron chi connectivity index (χ1n) is 23.2. The molecule has 0 atom stereocenters. The topological polar surface area (TPSA) is 69.9 Å². The van der Waals surface area contributed by atoms with Crippen molar-refractivity contribution in [1.29, 1.82) is 0 Å². The third-order valence-corrected chi connectivity index (χ3v) is 13.5. The maximum Gasteiger partial charge on any atom is 0.166 e. The van der Waals surface area contributed by atoms with Gasteiger partial charge in [0.15, 0.2) is 17.5 Å². The molecule has 69 heavy (non-hydrogen) atoms. The Hall–Kier alpha value is -9.39. The van der Waals surface area contributed by atoms with Crippen LogP contribution in [-0.4, -0.2) is 19.5 Å². The average molecular weight is 883 g/mol. The summed E-state index contributed by atoms with van der Waals surface area (Å²) in [6.07, 6.45) is 0. The third-order valence-electron chi connectivity index (χ3n) is 13.5. The Kier molecular flexibility index (Phi) is 8.79. The Morgan fingerprint density at radius 3 is 1.59 bits per heavy atom. The van der Waals surface area contributed by atoms with Gasteiger partial charge < -0.3 is 13.4 Å². The Labute approximate surface area is 396 Å². The van der Waals surface area contributed by atoms with E-state index in [1.807, 2.05) is 36.4 Å². The zero-order valence-electron chi connectivity index (χ0n) is 37.0. The predicted molar refractivity (Wildman–Crippen MR) is 281 cm³/mol. The number of para-hydroxylation sites is 3. The Balaban J connectivity index is 1.10. The summed E-state index contributed by atoms with van der Waals surface area (Å²) in [5.74, 6) is 1.66. The molecule has 0 saturated heterocycles. The maximum atomic E-state index is 6.93. The molecule has 0 saturated carbocycles. The van der Waals surface area contributed by atoms with Gasteiger partial charge in [0, 0.05) is 49.0 Å². The van der Waals surface area contributed by atoms with Crippen molar-refractivity contribution in [3.63, 3.8) is 0 Å². The molecule has 0 fully saturated rings. The number of aromatic nitrogens is 4. The Morgan fingerprint density at radius 1 is 0.304 bits per heavy atom. The number of furan rings is 2. The van der Waals surface area contributed by atoms with E-state index in [0.29, 0.717) is 17.5 Å². The van der Waals surface area contributed by atoms with E-state index in [2.05, 4.69) is 199 Å². The molecule has 10 aromatic carbocycles. The lowest BCUT2D eigenvalue weighted by Crippen LogP contribution is -2.04. The minimum atomic E-state index is 0.526. The van der Waals surface area contributed by atoms with E-state index in [4.69, 9.17) is 23.8 Å². The predicted octanol–water partition coefficient (Wildman–Crippen LogP) is 16.8. The van der Waals surface area contributed by atoms with Gasteiger partial charge in [0.2, 0.25) is 0 Å². The van der Waals surface area contributed by atoms with Gasteiger partial charge >= 0.3 is 0 Å². The van der Waals surface area contributed by atoms with Crippen molar-refractivity contribution >= 4 is 65.7 Å². The van der Waals surface area contributed by atoms with Crippen LogP contribution in [0.5, 0.6) is 0 Å². The molecule has 4 heterocycles. The van der Waals surface area contributed by atoms with Crippen LogP contribution in [0.4, 0.5) is 0 Å². The second kappa shape index (κ2) is 15.6. The lowest BCUT2D eigenvalue weighted by atomic mass is 9.95. The van der Waals surface area contributed by atoms with Gasteiger partial charge in [0.05, 0.1) is 22.3 Å². The fourth-order valence-corrected chi connectivity index (χ4v) is 10.3. The largest absolute Gasteiger partial charge is 0.456 e. The van der Waals surface area contributed by atoms with Crippen molar-refractivity contribution in [1.82, 2.24) is 19.5 Å². The molecule has 0 N–H and O–H groups in total. The molecular formula is C63H38N4O2. The molecule has 0 aliphatic heterocycles. The van der Waals surface area contributed by atoms with Gasteiger partial charge in [-0.25, -0.2) is 15.0 Å². The van der Waals surface area contributed by atoms with Crippen LogP contribution in [0.15, 0.2) is 239 Å². The molecule has 322 valence electrons. The van der Waals surface area contributed by atoms with E-state index >= 15 is 0 Å². The highest BCUT2D eigenvalue weighted by atomic mass is 16.3. The second-order valence-electron chi connectivity index (χ2n) is 17.5. The number of hydrogen-bond acceptors (Lipinski definition) is 5. The van der Waals surface area contributed by atoms with Crippen LogP contribution in [0.3, 0.4) is 0 Å². The summed E-state index contributed by atoms with van der Waals surface area (Å²) in [5, 5.41) is 6.26. The molecule has 14 aromatic rings. The van der Waals surface area contributed by atoms with E-state index in [-0.39, 0.29) is 0 Å². The first-order valence-corrected chi connectivity index (χ1v) is 23.2. The summed E-state index contributed by atoms with van der Waals surface area (Å²) in [4.78, 5) is 16.2. The fraction of sp³-hybridized carbons (Fsp3) is 0. The van der Waals surface area contributed by atoms with E-state index in [1.54, 1.807) is 0 Å². The van der Waals surface area contributed by atoms with Gasteiger partial charge in [-0.2, -0.15) is 0 Å². The molecule has 0 aliphatic rings. The first kappa shape index (κ1) is 38.8. The van der Waals surface area contributed by atoms with E-state index < -0.39 is 0 Å². The maximum absolute atomic E-state index is 6.93. The monoisotopic (exact) mass is 882 g/mol. The molecule has 6 nitrogen and oxygen atoms in total. The zero-order valence-corrected chi connectivity index (χ0v) is 37.0. The van der Waals surface area contributed by atoms with Crippen molar-refractivity contribution in [3.05, 3.63) is 231 Å². The Bertz CT molecular complexity index is 4290. The average Bonchev–Trinajstić information content (AvgIpc) is 4.11. The number of nitrogens with zero attached hydrogens (tertiary/aromatic N) is 4. The summed E-state index contributed by atoms with van der Waals surface area (Å²) in [6.45, 7) is 0. The highest BCUT2D eigenvalue weighted by Crippen LogP contribution is 2.47. The molecule has 0 bridgehead atoms. The summed E-state index contributed by atoms with van der Waals surface area (Å²) in [6, 6.07) is 80.2.